The van der Waals surface area contributed by atoms with E-state index in [1.54, 1.807) is 0 Å². The molecule has 0 aromatic carbocycles. The Bertz CT molecular complexity index is 114. The van der Waals surface area contributed by atoms with Crippen LogP contribution in [0.2, 0.25) is 0 Å². The van der Waals surface area contributed by atoms with Crippen LogP contribution in [-0.2, 0) is 0 Å². The molecule has 0 unspecified atom stereocenters. The van der Waals surface area contributed by atoms with Gasteiger partial charge in [0.2, 0.25) is 0 Å². The first-order valence-corrected chi connectivity index (χ1v) is 5.28. The Morgan fingerprint density at radius 2 is 2.17 bits per heavy atom. The molecule has 12 heavy (non-hydrogen) atoms. The molecule has 0 aromatic rings. The van der Waals surface area contributed by atoms with Crippen LogP contribution in [0.5, 0.6) is 0 Å². The minimum absolute atomic E-state index is 0.816. The highest BCUT2D eigenvalue weighted by Gasteiger charge is 2.16. The lowest BCUT2D eigenvalue weighted by molar-refractivity contribution is 0.158. The SMILES string of the molecule is C[C@H]1CCCCN1CCCCN. The highest BCUT2D eigenvalue weighted by Crippen LogP contribution is 2.16. The molecule has 1 aliphatic heterocycles. The lowest BCUT2D eigenvalue weighted by Crippen LogP contribution is -2.38. The van der Waals surface area contributed by atoms with E-state index in [1.807, 2.05) is 0 Å². The fourth-order valence-electron chi connectivity index (χ4n) is 1.95. The van der Waals surface area contributed by atoms with E-state index >= 15 is 0 Å². The van der Waals surface area contributed by atoms with Crippen molar-refractivity contribution >= 4 is 0 Å². The molecule has 1 aliphatic rings. The first kappa shape index (κ1) is 10.0. The Morgan fingerprint density at radius 1 is 1.33 bits per heavy atom. The predicted octanol–water partition coefficient (Wildman–Crippen LogP) is 1.60. The Labute approximate surface area is 76.1 Å². The number of hydrogen-bond acceptors (Lipinski definition) is 2. The molecule has 0 amide bonds. The summed E-state index contributed by atoms with van der Waals surface area (Å²) in [4.78, 5) is 2.61. The number of likely N-dealkylation sites (tertiary alicyclic amines) is 1. The van der Waals surface area contributed by atoms with Crippen molar-refractivity contribution in [2.45, 2.75) is 45.1 Å². The normalized spacial score (nSPS) is 26.0. The Kier molecular flexibility index (Phi) is 4.62. The van der Waals surface area contributed by atoms with Gasteiger partial charge < -0.3 is 10.6 Å². The summed E-state index contributed by atoms with van der Waals surface area (Å²) in [6.07, 6.45) is 6.67. The Balaban J connectivity index is 2.11. The molecule has 2 nitrogen and oxygen atoms in total. The zero-order valence-electron chi connectivity index (χ0n) is 8.26. The summed E-state index contributed by atoms with van der Waals surface area (Å²) >= 11 is 0. The van der Waals surface area contributed by atoms with E-state index in [1.165, 1.54) is 45.2 Å². The number of hydrogen-bond donors (Lipinski definition) is 1. The second kappa shape index (κ2) is 5.55. The molecular weight excluding hydrogens is 148 g/mol. The largest absolute Gasteiger partial charge is 0.330 e. The van der Waals surface area contributed by atoms with Crippen molar-refractivity contribution in [3.8, 4) is 0 Å². The van der Waals surface area contributed by atoms with Crippen molar-refractivity contribution in [1.82, 2.24) is 4.90 Å². The van der Waals surface area contributed by atoms with Crippen LogP contribution in [0.4, 0.5) is 0 Å². The minimum atomic E-state index is 0.816. The quantitative estimate of drug-likeness (QED) is 0.649. The lowest BCUT2D eigenvalue weighted by Gasteiger charge is -2.33. The molecule has 1 heterocycles. The van der Waals surface area contributed by atoms with Crippen LogP contribution in [0.1, 0.15) is 39.0 Å². The Hall–Kier alpha value is -0.0800. The van der Waals surface area contributed by atoms with E-state index in [-0.39, 0.29) is 0 Å². The summed E-state index contributed by atoms with van der Waals surface area (Å²) in [5.74, 6) is 0. The van der Waals surface area contributed by atoms with Crippen LogP contribution < -0.4 is 5.73 Å². The smallest absolute Gasteiger partial charge is 0.00669 e. The number of unbranched alkanes of at least 4 members (excludes halogenated alkanes) is 1. The maximum Gasteiger partial charge on any atom is 0.00669 e. The number of nitrogens with two attached hydrogens (primary N) is 1. The van der Waals surface area contributed by atoms with Crippen LogP contribution in [0.25, 0.3) is 0 Å². The van der Waals surface area contributed by atoms with Crippen molar-refractivity contribution in [3.63, 3.8) is 0 Å². The Morgan fingerprint density at radius 3 is 2.83 bits per heavy atom. The van der Waals surface area contributed by atoms with Crippen molar-refractivity contribution in [1.29, 1.82) is 0 Å². The second-order valence-electron chi connectivity index (χ2n) is 3.88. The molecule has 0 aliphatic carbocycles. The number of nitrogens with zero attached hydrogens (tertiary/aromatic N) is 1. The first-order valence-electron chi connectivity index (χ1n) is 5.28. The van der Waals surface area contributed by atoms with Gasteiger partial charge in [0.25, 0.3) is 0 Å². The predicted molar refractivity (Wildman–Crippen MR) is 53.2 cm³/mol. The number of rotatable bonds is 4. The fourth-order valence-corrected chi connectivity index (χ4v) is 1.95. The molecular formula is C10H22N2. The van der Waals surface area contributed by atoms with Gasteiger partial charge in [0.1, 0.15) is 0 Å². The van der Waals surface area contributed by atoms with Gasteiger partial charge in [-0.2, -0.15) is 0 Å². The molecule has 0 radical (unpaired) electrons. The van der Waals surface area contributed by atoms with Crippen LogP contribution in [0.15, 0.2) is 0 Å². The van der Waals surface area contributed by atoms with Gasteiger partial charge in [-0.1, -0.05) is 6.42 Å². The minimum Gasteiger partial charge on any atom is -0.330 e. The fraction of sp³-hybridized carbons (Fsp3) is 1.00. The van der Waals surface area contributed by atoms with Crippen molar-refractivity contribution in [2.75, 3.05) is 19.6 Å². The van der Waals surface area contributed by atoms with Crippen LogP contribution in [-0.4, -0.2) is 30.6 Å². The van der Waals surface area contributed by atoms with Crippen LogP contribution >= 0.6 is 0 Å². The summed E-state index contributed by atoms with van der Waals surface area (Å²) in [5.41, 5.74) is 5.46. The highest BCUT2D eigenvalue weighted by atomic mass is 15.1. The first-order chi connectivity index (χ1) is 5.84. The monoisotopic (exact) mass is 170 g/mol. The highest BCUT2D eigenvalue weighted by molar-refractivity contribution is 4.72. The van der Waals surface area contributed by atoms with Gasteiger partial charge in [0.05, 0.1) is 0 Å². The van der Waals surface area contributed by atoms with Gasteiger partial charge in [-0.25, -0.2) is 0 Å². The molecule has 2 heteroatoms. The van der Waals surface area contributed by atoms with E-state index in [2.05, 4.69) is 11.8 Å². The second-order valence-corrected chi connectivity index (χ2v) is 3.88. The van der Waals surface area contributed by atoms with E-state index in [0.717, 1.165) is 12.6 Å². The molecule has 1 saturated heterocycles. The van der Waals surface area contributed by atoms with E-state index in [9.17, 15) is 0 Å². The average molecular weight is 170 g/mol. The summed E-state index contributed by atoms with van der Waals surface area (Å²) in [6, 6.07) is 0.816. The summed E-state index contributed by atoms with van der Waals surface area (Å²) in [6.45, 7) is 5.77. The van der Waals surface area contributed by atoms with Gasteiger partial charge in [-0.05, 0) is 52.2 Å². The average Bonchev–Trinajstić information content (AvgIpc) is 2.09. The third-order valence-corrected chi connectivity index (χ3v) is 2.84. The zero-order chi connectivity index (χ0) is 8.81. The van der Waals surface area contributed by atoms with Gasteiger partial charge in [-0.15, -0.1) is 0 Å². The maximum absolute atomic E-state index is 5.46. The van der Waals surface area contributed by atoms with Gasteiger partial charge in [0, 0.05) is 6.04 Å². The molecule has 72 valence electrons. The molecule has 1 rings (SSSR count). The van der Waals surface area contributed by atoms with Crippen LogP contribution in [0.3, 0.4) is 0 Å². The van der Waals surface area contributed by atoms with Gasteiger partial charge >= 0.3 is 0 Å². The third kappa shape index (κ3) is 3.11. The summed E-state index contributed by atoms with van der Waals surface area (Å²) < 4.78 is 0. The van der Waals surface area contributed by atoms with E-state index in [0.29, 0.717) is 0 Å². The molecule has 1 atom stereocenters. The van der Waals surface area contributed by atoms with E-state index in [4.69, 9.17) is 5.73 Å². The van der Waals surface area contributed by atoms with Gasteiger partial charge in [0.15, 0.2) is 0 Å². The van der Waals surface area contributed by atoms with Crippen molar-refractivity contribution in [2.24, 2.45) is 5.73 Å². The topological polar surface area (TPSA) is 29.3 Å². The molecule has 0 spiro atoms. The molecule has 1 fully saturated rings. The standard InChI is InChI=1S/C10H22N2/c1-10-6-2-4-8-12(10)9-5-3-7-11/h10H,2-9,11H2,1H3/t10-/m0/s1. The summed E-state index contributed by atoms with van der Waals surface area (Å²) in [7, 11) is 0. The lowest BCUT2D eigenvalue weighted by atomic mass is 10.0. The molecule has 0 saturated carbocycles. The van der Waals surface area contributed by atoms with Gasteiger partial charge in [-0.3, -0.25) is 0 Å². The summed E-state index contributed by atoms with van der Waals surface area (Å²) in [5, 5.41) is 0. The zero-order valence-corrected chi connectivity index (χ0v) is 8.26. The molecule has 0 bridgehead atoms. The van der Waals surface area contributed by atoms with E-state index < -0.39 is 0 Å². The molecule has 0 aromatic heterocycles. The number of piperidine rings is 1. The molecule has 2 N–H and O–H groups in total. The maximum atomic E-state index is 5.46. The van der Waals surface area contributed by atoms with Crippen molar-refractivity contribution < 1.29 is 0 Å². The third-order valence-electron chi connectivity index (χ3n) is 2.84. The van der Waals surface area contributed by atoms with Crippen molar-refractivity contribution in [3.05, 3.63) is 0 Å². The van der Waals surface area contributed by atoms with Crippen LogP contribution in [0, 0.1) is 0 Å².